The van der Waals surface area contributed by atoms with E-state index in [0.29, 0.717) is 11.6 Å². The van der Waals surface area contributed by atoms with Crippen molar-refractivity contribution in [1.29, 1.82) is 0 Å². The zero-order valence-corrected chi connectivity index (χ0v) is 16.4. The first kappa shape index (κ1) is 23.2. The number of anilines is 1. The maximum Gasteiger partial charge on any atom is 0.241 e. The number of carbonyl (C=O) groups excluding carboxylic acids is 1. The van der Waals surface area contributed by atoms with Crippen LogP contribution in [-0.4, -0.2) is 16.9 Å². The first-order chi connectivity index (χ1) is 10.8. The van der Waals surface area contributed by atoms with Gasteiger partial charge >= 0.3 is 0 Å². The van der Waals surface area contributed by atoms with E-state index in [4.69, 9.17) is 10.5 Å². The fourth-order valence-electron chi connectivity index (χ4n) is 1.85. The number of aromatic nitrogens is 1. The van der Waals surface area contributed by atoms with Gasteiger partial charge in [-0.05, 0) is 30.5 Å². The van der Waals surface area contributed by atoms with E-state index in [9.17, 15) is 4.79 Å². The molecule has 0 bridgehead atoms. The van der Waals surface area contributed by atoms with Gasteiger partial charge in [-0.1, -0.05) is 38.5 Å². The molecule has 3 N–H and O–H groups in total. The van der Waals surface area contributed by atoms with Gasteiger partial charge in [-0.15, -0.1) is 24.8 Å². The molecular formula is C18H25Cl2N3O2. The SMILES string of the molecule is Cc1ccc(Oc2ccc(NC(=O)[C@@H](N)C(C)(C)C)cn2)cc1.Cl.Cl. The van der Waals surface area contributed by atoms with Gasteiger partial charge in [0.15, 0.2) is 0 Å². The Kier molecular flexibility index (Phi) is 8.91. The van der Waals surface area contributed by atoms with Crippen molar-refractivity contribution in [2.75, 3.05) is 5.32 Å². The van der Waals surface area contributed by atoms with Gasteiger partial charge < -0.3 is 15.8 Å². The standard InChI is InChI=1S/C18H23N3O2.2ClH/c1-12-5-8-14(9-6-12)23-15-10-7-13(11-20-15)21-17(22)16(19)18(2,3)4;;/h5-11,16H,19H2,1-4H3,(H,21,22);2*1H/t16-;;/m1../s1. The molecule has 1 aromatic carbocycles. The van der Waals surface area contributed by atoms with Crippen molar-refractivity contribution in [2.45, 2.75) is 33.7 Å². The second kappa shape index (κ2) is 9.61. The quantitative estimate of drug-likeness (QED) is 0.820. The summed E-state index contributed by atoms with van der Waals surface area (Å²) in [6.07, 6.45) is 1.55. The highest BCUT2D eigenvalue weighted by atomic mass is 35.5. The lowest BCUT2D eigenvalue weighted by atomic mass is 9.87. The highest BCUT2D eigenvalue weighted by Gasteiger charge is 2.27. The molecule has 2 aromatic rings. The minimum atomic E-state index is -0.592. The van der Waals surface area contributed by atoms with Crippen LogP contribution in [0.4, 0.5) is 5.69 Å². The number of pyridine rings is 1. The van der Waals surface area contributed by atoms with E-state index in [2.05, 4.69) is 10.3 Å². The lowest BCUT2D eigenvalue weighted by Crippen LogP contribution is -2.45. The molecule has 0 spiro atoms. The van der Waals surface area contributed by atoms with Crippen LogP contribution in [0.1, 0.15) is 26.3 Å². The van der Waals surface area contributed by atoms with Crippen molar-refractivity contribution in [3.8, 4) is 11.6 Å². The van der Waals surface area contributed by atoms with Crippen LogP contribution in [0, 0.1) is 12.3 Å². The lowest BCUT2D eigenvalue weighted by molar-refractivity contribution is -0.119. The predicted molar refractivity (Wildman–Crippen MR) is 106 cm³/mol. The Balaban J connectivity index is 0.00000288. The highest BCUT2D eigenvalue weighted by molar-refractivity contribution is 5.95. The Morgan fingerprint density at radius 1 is 1.12 bits per heavy atom. The molecule has 5 nitrogen and oxygen atoms in total. The first-order valence-corrected chi connectivity index (χ1v) is 7.53. The molecule has 1 atom stereocenters. The molecular weight excluding hydrogens is 361 g/mol. The van der Waals surface area contributed by atoms with Crippen LogP contribution < -0.4 is 15.8 Å². The normalized spacial score (nSPS) is 11.6. The molecule has 7 heteroatoms. The van der Waals surface area contributed by atoms with Gasteiger partial charge in [-0.25, -0.2) is 4.98 Å². The molecule has 0 saturated carbocycles. The summed E-state index contributed by atoms with van der Waals surface area (Å²) in [5.41, 5.74) is 7.38. The summed E-state index contributed by atoms with van der Waals surface area (Å²) in [6.45, 7) is 7.79. The number of nitrogens with zero attached hydrogens (tertiary/aromatic N) is 1. The molecule has 0 aliphatic rings. The number of halogens is 2. The van der Waals surface area contributed by atoms with Crippen LogP contribution in [0.15, 0.2) is 42.6 Å². The van der Waals surface area contributed by atoms with Crippen LogP contribution in [0.3, 0.4) is 0 Å². The maximum atomic E-state index is 12.1. The molecule has 2 rings (SSSR count). The maximum absolute atomic E-state index is 12.1. The molecule has 0 radical (unpaired) electrons. The zero-order chi connectivity index (χ0) is 17.0. The third kappa shape index (κ3) is 6.90. The fraction of sp³-hybridized carbons (Fsp3) is 0.333. The third-order valence-corrected chi connectivity index (χ3v) is 3.46. The molecule has 1 aromatic heterocycles. The molecule has 138 valence electrons. The first-order valence-electron chi connectivity index (χ1n) is 7.53. The lowest BCUT2D eigenvalue weighted by Gasteiger charge is -2.25. The van der Waals surface area contributed by atoms with Crippen molar-refractivity contribution >= 4 is 36.4 Å². The molecule has 25 heavy (non-hydrogen) atoms. The van der Waals surface area contributed by atoms with E-state index < -0.39 is 6.04 Å². The van der Waals surface area contributed by atoms with Crippen molar-refractivity contribution in [1.82, 2.24) is 4.98 Å². The number of amides is 1. The van der Waals surface area contributed by atoms with Crippen LogP contribution in [0.2, 0.25) is 0 Å². The van der Waals surface area contributed by atoms with Gasteiger partial charge in [0.25, 0.3) is 0 Å². The minimum absolute atomic E-state index is 0. The average Bonchev–Trinajstić information content (AvgIpc) is 2.50. The summed E-state index contributed by atoms with van der Waals surface area (Å²) < 4.78 is 5.65. The van der Waals surface area contributed by atoms with Gasteiger partial charge in [-0.3, -0.25) is 4.79 Å². The summed E-state index contributed by atoms with van der Waals surface area (Å²) >= 11 is 0. The van der Waals surface area contributed by atoms with Gasteiger partial charge in [0.2, 0.25) is 11.8 Å². The number of nitrogens with one attached hydrogen (secondary N) is 1. The summed E-state index contributed by atoms with van der Waals surface area (Å²) in [5.74, 6) is 0.952. The zero-order valence-electron chi connectivity index (χ0n) is 14.8. The van der Waals surface area contributed by atoms with Crippen LogP contribution in [0.5, 0.6) is 11.6 Å². The minimum Gasteiger partial charge on any atom is -0.439 e. The number of carbonyl (C=O) groups is 1. The summed E-state index contributed by atoms with van der Waals surface area (Å²) in [4.78, 5) is 16.3. The van der Waals surface area contributed by atoms with Crippen LogP contribution in [0.25, 0.3) is 0 Å². The van der Waals surface area contributed by atoms with E-state index in [-0.39, 0.29) is 36.1 Å². The number of rotatable bonds is 4. The second-order valence-corrected chi connectivity index (χ2v) is 6.63. The van der Waals surface area contributed by atoms with Crippen molar-refractivity contribution in [2.24, 2.45) is 11.1 Å². The highest BCUT2D eigenvalue weighted by Crippen LogP contribution is 2.22. The monoisotopic (exact) mass is 385 g/mol. The van der Waals surface area contributed by atoms with Gasteiger partial charge in [-0.2, -0.15) is 0 Å². The summed E-state index contributed by atoms with van der Waals surface area (Å²) in [5, 5.41) is 2.76. The van der Waals surface area contributed by atoms with Gasteiger partial charge in [0.1, 0.15) is 5.75 Å². The van der Waals surface area contributed by atoms with Crippen LogP contribution >= 0.6 is 24.8 Å². The number of ether oxygens (including phenoxy) is 1. The number of benzene rings is 1. The van der Waals surface area contributed by atoms with E-state index >= 15 is 0 Å². The molecule has 0 unspecified atom stereocenters. The van der Waals surface area contributed by atoms with Crippen molar-refractivity contribution in [3.63, 3.8) is 0 Å². The number of aryl methyl sites for hydroxylation is 1. The molecule has 0 saturated heterocycles. The second-order valence-electron chi connectivity index (χ2n) is 6.63. The predicted octanol–water partition coefficient (Wildman–Crippen LogP) is 4.34. The molecule has 0 aliphatic carbocycles. The Labute approximate surface area is 161 Å². The summed E-state index contributed by atoms with van der Waals surface area (Å²) in [6, 6.07) is 10.6. The molecule has 0 aliphatic heterocycles. The molecule has 1 amide bonds. The van der Waals surface area contributed by atoms with Crippen LogP contribution in [-0.2, 0) is 4.79 Å². The van der Waals surface area contributed by atoms with Gasteiger partial charge in [0.05, 0.1) is 17.9 Å². The Bertz CT molecular complexity index is 668. The Morgan fingerprint density at radius 3 is 2.20 bits per heavy atom. The Morgan fingerprint density at radius 2 is 1.72 bits per heavy atom. The third-order valence-electron chi connectivity index (χ3n) is 3.46. The van der Waals surface area contributed by atoms with E-state index in [1.165, 1.54) is 5.56 Å². The van der Waals surface area contributed by atoms with Crippen molar-refractivity contribution in [3.05, 3.63) is 48.2 Å². The topological polar surface area (TPSA) is 77.2 Å². The molecule has 0 fully saturated rings. The summed E-state index contributed by atoms with van der Waals surface area (Å²) in [7, 11) is 0. The van der Waals surface area contributed by atoms with Crippen molar-refractivity contribution < 1.29 is 9.53 Å². The number of hydrogen-bond donors (Lipinski definition) is 2. The average molecular weight is 386 g/mol. The smallest absolute Gasteiger partial charge is 0.241 e. The van der Waals surface area contributed by atoms with E-state index in [1.807, 2.05) is 52.0 Å². The van der Waals surface area contributed by atoms with Gasteiger partial charge in [0, 0.05) is 6.07 Å². The van der Waals surface area contributed by atoms with E-state index in [1.54, 1.807) is 18.3 Å². The number of hydrogen-bond acceptors (Lipinski definition) is 4. The van der Waals surface area contributed by atoms with E-state index in [0.717, 1.165) is 5.75 Å². The molecule has 1 heterocycles. The fourth-order valence-corrected chi connectivity index (χ4v) is 1.85. The largest absolute Gasteiger partial charge is 0.439 e. The number of nitrogens with two attached hydrogens (primary N) is 1. The Hall–Kier alpha value is -1.82.